The summed E-state index contributed by atoms with van der Waals surface area (Å²) >= 11 is 0. The molecule has 2 N–H and O–H groups in total. The number of aromatic amines is 1. The molecule has 0 bridgehead atoms. The largest absolute Gasteiger partial charge is 0.406 e. The van der Waals surface area contributed by atoms with Gasteiger partial charge in [-0.3, -0.25) is 23.4 Å². The lowest BCUT2D eigenvalue weighted by molar-refractivity contribution is -0.0604. The van der Waals surface area contributed by atoms with Gasteiger partial charge < -0.3 is 4.74 Å². The molecule has 2 aromatic rings. The van der Waals surface area contributed by atoms with Crippen molar-refractivity contribution in [3.63, 3.8) is 0 Å². The summed E-state index contributed by atoms with van der Waals surface area (Å²) in [5.41, 5.74) is 0.249. The third-order valence-corrected chi connectivity index (χ3v) is 6.59. The maximum Gasteiger partial charge on any atom is 0.406 e. The Balaban J connectivity index is 1.42. The number of halogens is 1. The third-order valence-electron chi connectivity index (χ3n) is 5.01. The van der Waals surface area contributed by atoms with Crippen molar-refractivity contribution in [1.82, 2.24) is 14.6 Å². The Hall–Kier alpha value is -2.10. The van der Waals surface area contributed by atoms with E-state index in [4.69, 9.17) is 13.8 Å². The lowest BCUT2D eigenvalue weighted by Crippen LogP contribution is -2.36. The van der Waals surface area contributed by atoms with Crippen LogP contribution in [0.4, 0.5) is 4.39 Å². The molecule has 0 radical (unpaired) electrons. The van der Waals surface area contributed by atoms with E-state index < -0.39 is 43.2 Å². The fraction of sp³-hybridized carbons (Fsp3) is 0.444. The molecule has 11 heteroatoms. The number of ether oxygens (including phenoxy) is 1. The highest BCUT2D eigenvalue weighted by atomic mass is 31.2. The zero-order chi connectivity index (χ0) is 20.6. The standard InChI is InChI=1S/C18H21FN3O6P/c1-2-11-3-5-12(6-4-11)8-20-29(25)26-10-15-14(28-29)7-16(27-15)22-9-13(19)17(23)21-18(22)24/h3-6,9,14-16H,2,7-8,10H2,1H3,(H,20,25)(H,21,23,24)/t14-,15+,16+,29+/m0/s1. The second kappa shape index (κ2) is 7.97. The molecule has 2 saturated heterocycles. The van der Waals surface area contributed by atoms with Gasteiger partial charge in [0.2, 0.25) is 5.82 Å². The van der Waals surface area contributed by atoms with Crippen LogP contribution in [0.3, 0.4) is 0 Å². The molecule has 0 amide bonds. The van der Waals surface area contributed by atoms with E-state index in [9.17, 15) is 18.5 Å². The number of nitrogens with one attached hydrogen (secondary N) is 2. The molecule has 3 heterocycles. The number of aromatic nitrogens is 2. The van der Waals surface area contributed by atoms with Gasteiger partial charge in [-0.05, 0) is 17.5 Å². The van der Waals surface area contributed by atoms with E-state index >= 15 is 0 Å². The summed E-state index contributed by atoms with van der Waals surface area (Å²) in [4.78, 5) is 25.0. The van der Waals surface area contributed by atoms with Crippen molar-refractivity contribution in [1.29, 1.82) is 0 Å². The van der Waals surface area contributed by atoms with Crippen molar-refractivity contribution < 1.29 is 22.7 Å². The number of rotatable bonds is 5. The Morgan fingerprint density at radius 1 is 1.24 bits per heavy atom. The molecular weight excluding hydrogens is 404 g/mol. The second-order valence-corrected chi connectivity index (χ2v) is 8.73. The van der Waals surface area contributed by atoms with Gasteiger partial charge in [0.05, 0.1) is 12.8 Å². The van der Waals surface area contributed by atoms with Crippen molar-refractivity contribution in [2.24, 2.45) is 0 Å². The molecule has 0 saturated carbocycles. The maximum absolute atomic E-state index is 13.5. The summed E-state index contributed by atoms with van der Waals surface area (Å²) in [6, 6.07) is 7.89. The van der Waals surface area contributed by atoms with Crippen LogP contribution in [0.25, 0.3) is 0 Å². The molecule has 0 spiro atoms. The van der Waals surface area contributed by atoms with Gasteiger partial charge in [-0.15, -0.1) is 0 Å². The summed E-state index contributed by atoms with van der Waals surface area (Å²) < 4.78 is 44.1. The van der Waals surface area contributed by atoms with Crippen molar-refractivity contribution in [2.75, 3.05) is 6.61 Å². The molecule has 9 nitrogen and oxygen atoms in total. The Bertz CT molecular complexity index is 1050. The number of H-pyrrole nitrogens is 1. The smallest absolute Gasteiger partial charge is 0.349 e. The third kappa shape index (κ3) is 4.26. The quantitative estimate of drug-likeness (QED) is 0.703. The number of fused-ring (bicyclic) bond motifs is 1. The molecule has 2 aliphatic rings. The van der Waals surface area contributed by atoms with Crippen molar-refractivity contribution >= 4 is 7.75 Å². The summed E-state index contributed by atoms with van der Waals surface area (Å²) in [7, 11) is -3.56. The van der Waals surface area contributed by atoms with E-state index in [2.05, 4.69) is 12.0 Å². The number of hydrogen-bond donors (Lipinski definition) is 2. The molecule has 1 aromatic carbocycles. The number of aryl methyl sites for hydroxylation is 1. The monoisotopic (exact) mass is 425 g/mol. The van der Waals surface area contributed by atoms with Crippen LogP contribution in [0.15, 0.2) is 40.1 Å². The van der Waals surface area contributed by atoms with E-state index in [0.717, 1.165) is 22.7 Å². The summed E-state index contributed by atoms with van der Waals surface area (Å²) in [6.07, 6.45) is -0.130. The van der Waals surface area contributed by atoms with Crippen LogP contribution in [0.1, 0.15) is 30.7 Å². The normalized spacial score (nSPS) is 29.0. The van der Waals surface area contributed by atoms with Gasteiger partial charge in [-0.1, -0.05) is 31.2 Å². The van der Waals surface area contributed by atoms with Crippen LogP contribution in [-0.2, 0) is 31.3 Å². The predicted molar refractivity (Wildman–Crippen MR) is 101 cm³/mol. The maximum atomic E-state index is 13.5. The fourth-order valence-electron chi connectivity index (χ4n) is 3.35. The van der Waals surface area contributed by atoms with Gasteiger partial charge in [0.15, 0.2) is 0 Å². The highest BCUT2D eigenvalue weighted by molar-refractivity contribution is 7.51. The Morgan fingerprint density at radius 2 is 1.97 bits per heavy atom. The Labute approximate surface area is 165 Å². The van der Waals surface area contributed by atoms with E-state index in [1.165, 1.54) is 5.56 Å². The van der Waals surface area contributed by atoms with Gasteiger partial charge in [-0.25, -0.2) is 14.4 Å². The van der Waals surface area contributed by atoms with Gasteiger partial charge >= 0.3 is 13.4 Å². The molecule has 0 unspecified atom stereocenters. The first-order chi connectivity index (χ1) is 13.9. The number of nitrogens with zero attached hydrogens (tertiary/aromatic N) is 1. The molecule has 4 atom stereocenters. The number of benzene rings is 1. The molecule has 2 fully saturated rings. The molecule has 4 rings (SSSR count). The lowest BCUT2D eigenvalue weighted by Gasteiger charge is -2.30. The highest BCUT2D eigenvalue weighted by Crippen LogP contribution is 2.52. The topological polar surface area (TPSA) is 112 Å². The molecule has 0 aliphatic carbocycles. The summed E-state index contributed by atoms with van der Waals surface area (Å²) in [5, 5.41) is 2.83. The summed E-state index contributed by atoms with van der Waals surface area (Å²) in [6.45, 7) is 2.37. The minimum Gasteiger partial charge on any atom is -0.349 e. The summed E-state index contributed by atoms with van der Waals surface area (Å²) in [5.74, 6) is -1.10. The number of hydrogen-bond acceptors (Lipinski definition) is 6. The van der Waals surface area contributed by atoms with Crippen LogP contribution >= 0.6 is 7.75 Å². The van der Waals surface area contributed by atoms with Gasteiger partial charge in [0.25, 0.3) is 5.56 Å². The van der Waals surface area contributed by atoms with Crippen LogP contribution < -0.4 is 16.3 Å². The predicted octanol–water partition coefficient (Wildman–Crippen LogP) is 1.84. The van der Waals surface area contributed by atoms with E-state index in [-0.39, 0.29) is 13.0 Å². The molecule has 156 valence electrons. The van der Waals surface area contributed by atoms with E-state index in [1.807, 2.05) is 29.2 Å². The van der Waals surface area contributed by atoms with Crippen LogP contribution in [-0.4, -0.2) is 28.4 Å². The average Bonchev–Trinajstić information content (AvgIpc) is 3.12. The molecular formula is C18H21FN3O6P. The molecule has 29 heavy (non-hydrogen) atoms. The molecule has 1 aromatic heterocycles. The average molecular weight is 425 g/mol. The zero-order valence-corrected chi connectivity index (χ0v) is 16.6. The Kier molecular flexibility index (Phi) is 5.54. The van der Waals surface area contributed by atoms with Gasteiger partial charge in [0, 0.05) is 13.0 Å². The van der Waals surface area contributed by atoms with Gasteiger partial charge in [0.1, 0.15) is 18.4 Å². The first-order valence-corrected chi connectivity index (χ1v) is 10.8. The lowest BCUT2D eigenvalue weighted by atomic mass is 10.1. The van der Waals surface area contributed by atoms with E-state index in [0.29, 0.717) is 6.54 Å². The minimum absolute atomic E-state index is 0.000797. The zero-order valence-electron chi connectivity index (χ0n) is 15.7. The van der Waals surface area contributed by atoms with E-state index in [1.54, 1.807) is 0 Å². The Morgan fingerprint density at radius 3 is 2.69 bits per heavy atom. The van der Waals surface area contributed by atoms with Crippen molar-refractivity contribution in [2.45, 2.75) is 44.7 Å². The van der Waals surface area contributed by atoms with Crippen LogP contribution in [0.2, 0.25) is 0 Å². The van der Waals surface area contributed by atoms with Crippen LogP contribution in [0.5, 0.6) is 0 Å². The van der Waals surface area contributed by atoms with Gasteiger partial charge in [-0.2, -0.15) is 4.39 Å². The van der Waals surface area contributed by atoms with Crippen molar-refractivity contribution in [3.8, 4) is 0 Å². The molecule has 2 aliphatic heterocycles. The SMILES string of the molecule is CCc1ccc(CN[P@@]2(=O)OC[C@H]3O[C@@H](n4cc(F)c(=O)[nH]c4=O)C[C@@H]3O2)cc1. The first kappa shape index (κ1) is 20.2. The first-order valence-electron chi connectivity index (χ1n) is 9.29. The fourth-order valence-corrected chi connectivity index (χ4v) is 4.88. The second-order valence-electron chi connectivity index (χ2n) is 6.95. The van der Waals surface area contributed by atoms with Crippen molar-refractivity contribution in [3.05, 3.63) is 68.2 Å². The highest BCUT2D eigenvalue weighted by Gasteiger charge is 2.47. The minimum atomic E-state index is -3.56. The van der Waals surface area contributed by atoms with Crippen LogP contribution in [0, 0.1) is 5.82 Å².